The van der Waals surface area contributed by atoms with Crippen molar-refractivity contribution in [1.82, 2.24) is 4.90 Å². The first-order valence-electron chi connectivity index (χ1n) is 5.98. The Kier molecular flexibility index (Phi) is 3.33. The number of carbonyl (C=O) groups excluding carboxylic acids is 1. The summed E-state index contributed by atoms with van der Waals surface area (Å²) in [5.74, 6) is -0.467. The molecule has 0 aliphatic carbocycles. The van der Waals surface area contributed by atoms with E-state index in [2.05, 4.69) is 24.1 Å². The lowest BCUT2D eigenvalue weighted by atomic mass is 10.1. The maximum atomic E-state index is 13.2. The Bertz CT molecular complexity index is 638. The number of amides is 1. The van der Waals surface area contributed by atoms with Crippen LogP contribution in [-0.4, -0.2) is 17.4 Å². The molecule has 0 fully saturated rings. The number of nitrogens with zero attached hydrogens (tertiary/aromatic N) is 1. The van der Waals surface area contributed by atoms with E-state index in [1.807, 2.05) is 0 Å². The normalized spacial score (nSPS) is 14.3. The summed E-state index contributed by atoms with van der Waals surface area (Å²) in [6.45, 7) is 1.35. The van der Waals surface area contributed by atoms with Gasteiger partial charge < -0.3 is 4.90 Å². The maximum absolute atomic E-state index is 13.2. The van der Waals surface area contributed by atoms with Gasteiger partial charge in [-0.2, -0.15) is 0 Å². The largest absolute Gasteiger partial charge is 0.334 e. The van der Waals surface area contributed by atoms with Crippen LogP contribution in [0, 0.1) is 5.82 Å². The van der Waals surface area contributed by atoms with Gasteiger partial charge in [0.25, 0.3) is 5.91 Å². The minimum atomic E-state index is -0.404. The zero-order chi connectivity index (χ0) is 13.4. The van der Waals surface area contributed by atoms with Gasteiger partial charge in [0.2, 0.25) is 0 Å². The van der Waals surface area contributed by atoms with Gasteiger partial charge in [-0.05, 0) is 41.6 Å². The molecular formula is C14H12FNOS2. The summed E-state index contributed by atoms with van der Waals surface area (Å²) in [5, 5.41) is 2.06. The van der Waals surface area contributed by atoms with Crippen LogP contribution in [0.5, 0.6) is 0 Å². The van der Waals surface area contributed by atoms with Crippen molar-refractivity contribution in [2.75, 3.05) is 6.54 Å². The Labute approximate surface area is 120 Å². The van der Waals surface area contributed by atoms with Gasteiger partial charge in [0.05, 0.1) is 0 Å². The maximum Gasteiger partial charge on any atom is 0.254 e. The van der Waals surface area contributed by atoms with Crippen molar-refractivity contribution in [1.29, 1.82) is 0 Å². The quantitative estimate of drug-likeness (QED) is 0.799. The van der Waals surface area contributed by atoms with Crippen molar-refractivity contribution >= 4 is 29.9 Å². The highest BCUT2D eigenvalue weighted by molar-refractivity contribution is 7.80. The van der Waals surface area contributed by atoms with Crippen LogP contribution < -0.4 is 0 Å². The lowest BCUT2D eigenvalue weighted by Gasteiger charge is -2.27. The Morgan fingerprint density at radius 3 is 3.00 bits per heavy atom. The lowest BCUT2D eigenvalue weighted by Crippen LogP contribution is -2.35. The van der Waals surface area contributed by atoms with E-state index in [1.165, 1.54) is 28.6 Å². The first kappa shape index (κ1) is 12.7. The smallest absolute Gasteiger partial charge is 0.254 e. The average molecular weight is 293 g/mol. The molecule has 1 aliphatic heterocycles. The minimum absolute atomic E-state index is 0.0628. The molecule has 1 aromatic heterocycles. The molecule has 0 saturated carbocycles. The number of carbonyl (C=O) groups is 1. The van der Waals surface area contributed by atoms with Crippen LogP contribution in [0.15, 0.2) is 34.5 Å². The number of halogens is 1. The Balaban J connectivity index is 1.83. The van der Waals surface area contributed by atoms with E-state index in [0.717, 1.165) is 6.42 Å². The molecule has 2 heterocycles. The van der Waals surface area contributed by atoms with E-state index in [4.69, 9.17) is 0 Å². The molecule has 98 valence electrons. The first-order chi connectivity index (χ1) is 9.15. The first-order valence-corrected chi connectivity index (χ1v) is 7.31. The summed E-state index contributed by atoms with van der Waals surface area (Å²) in [5.41, 5.74) is 1.71. The van der Waals surface area contributed by atoms with Gasteiger partial charge in [-0.25, -0.2) is 4.39 Å². The summed E-state index contributed by atoms with van der Waals surface area (Å²) in [4.78, 5) is 15.7. The second-order valence-electron chi connectivity index (χ2n) is 4.51. The molecule has 1 aromatic carbocycles. The summed E-state index contributed by atoms with van der Waals surface area (Å²) in [6, 6.07) is 6.36. The zero-order valence-electron chi connectivity index (χ0n) is 10.1. The zero-order valence-corrected chi connectivity index (χ0v) is 11.8. The molecule has 0 bridgehead atoms. The molecule has 1 amide bonds. The fraction of sp³-hybridized carbons (Fsp3) is 0.214. The van der Waals surface area contributed by atoms with Crippen LogP contribution in [0.1, 0.15) is 20.8 Å². The molecule has 3 rings (SSSR count). The number of thiol groups is 1. The number of benzene rings is 1. The van der Waals surface area contributed by atoms with Crippen LogP contribution in [0.4, 0.5) is 4.39 Å². The summed E-state index contributed by atoms with van der Waals surface area (Å²) >= 11 is 5.76. The monoisotopic (exact) mass is 293 g/mol. The molecule has 0 atom stereocenters. The van der Waals surface area contributed by atoms with E-state index >= 15 is 0 Å². The Morgan fingerprint density at radius 2 is 2.21 bits per heavy atom. The van der Waals surface area contributed by atoms with Crippen molar-refractivity contribution in [2.24, 2.45) is 0 Å². The number of hydrogen-bond donors (Lipinski definition) is 1. The van der Waals surface area contributed by atoms with Crippen molar-refractivity contribution in [3.63, 3.8) is 0 Å². The van der Waals surface area contributed by atoms with E-state index in [-0.39, 0.29) is 10.8 Å². The SMILES string of the molecule is O=C(c1ccc(F)c(S)c1)N1CCc2sccc2C1. The summed E-state index contributed by atoms with van der Waals surface area (Å²) < 4.78 is 13.2. The number of rotatable bonds is 1. The predicted molar refractivity (Wildman–Crippen MR) is 76.4 cm³/mol. The fourth-order valence-corrected chi connectivity index (χ4v) is 3.35. The minimum Gasteiger partial charge on any atom is -0.334 e. The lowest BCUT2D eigenvalue weighted by molar-refractivity contribution is 0.0735. The van der Waals surface area contributed by atoms with E-state index in [0.29, 0.717) is 18.7 Å². The molecule has 0 N–H and O–H groups in total. The highest BCUT2D eigenvalue weighted by Crippen LogP contribution is 2.25. The molecule has 2 aromatic rings. The van der Waals surface area contributed by atoms with Crippen LogP contribution in [0.3, 0.4) is 0 Å². The van der Waals surface area contributed by atoms with Gasteiger partial charge in [-0.15, -0.1) is 24.0 Å². The number of hydrogen-bond acceptors (Lipinski definition) is 3. The molecular weight excluding hydrogens is 281 g/mol. The third-order valence-corrected chi connectivity index (χ3v) is 4.65. The van der Waals surface area contributed by atoms with E-state index in [1.54, 1.807) is 16.2 Å². The third-order valence-electron chi connectivity index (χ3n) is 3.29. The van der Waals surface area contributed by atoms with Crippen LogP contribution >= 0.6 is 24.0 Å². The number of thiophene rings is 1. The van der Waals surface area contributed by atoms with Crippen LogP contribution in [0.25, 0.3) is 0 Å². The topological polar surface area (TPSA) is 20.3 Å². The van der Waals surface area contributed by atoms with Crippen LogP contribution in [0.2, 0.25) is 0 Å². The average Bonchev–Trinajstić information content (AvgIpc) is 2.88. The van der Waals surface area contributed by atoms with Gasteiger partial charge in [-0.3, -0.25) is 4.79 Å². The summed E-state index contributed by atoms with van der Waals surface area (Å²) in [6.07, 6.45) is 0.896. The molecule has 0 unspecified atom stereocenters. The summed E-state index contributed by atoms with van der Waals surface area (Å²) in [7, 11) is 0. The molecule has 0 radical (unpaired) electrons. The van der Waals surface area contributed by atoms with Crippen molar-refractivity contribution in [3.8, 4) is 0 Å². The molecule has 1 aliphatic rings. The Morgan fingerprint density at radius 1 is 1.37 bits per heavy atom. The second kappa shape index (κ2) is 4.98. The van der Waals surface area contributed by atoms with Crippen molar-refractivity contribution in [3.05, 3.63) is 51.5 Å². The molecule has 0 saturated heterocycles. The van der Waals surface area contributed by atoms with E-state index in [9.17, 15) is 9.18 Å². The molecule has 2 nitrogen and oxygen atoms in total. The van der Waals surface area contributed by atoms with Crippen molar-refractivity contribution < 1.29 is 9.18 Å². The van der Waals surface area contributed by atoms with Gasteiger partial charge in [0.1, 0.15) is 5.82 Å². The predicted octanol–water partition coefficient (Wildman–Crippen LogP) is 3.37. The second-order valence-corrected chi connectivity index (χ2v) is 5.99. The van der Waals surface area contributed by atoms with Gasteiger partial charge in [0.15, 0.2) is 0 Å². The standard InChI is InChI=1S/C14H12FNOS2/c15-11-2-1-9(7-12(11)18)14(17)16-5-3-13-10(8-16)4-6-19-13/h1-2,4,6-7,18H,3,5,8H2. The molecule has 0 spiro atoms. The molecule has 5 heteroatoms. The molecule has 19 heavy (non-hydrogen) atoms. The third kappa shape index (κ3) is 2.40. The highest BCUT2D eigenvalue weighted by Gasteiger charge is 2.22. The Hall–Kier alpha value is -1.33. The van der Waals surface area contributed by atoms with Crippen molar-refractivity contribution in [2.45, 2.75) is 17.9 Å². The van der Waals surface area contributed by atoms with Gasteiger partial charge in [0, 0.05) is 28.4 Å². The fourth-order valence-electron chi connectivity index (χ4n) is 2.25. The highest BCUT2D eigenvalue weighted by atomic mass is 32.1. The van der Waals surface area contributed by atoms with E-state index < -0.39 is 5.82 Å². The van der Waals surface area contributed by atoms with Gasteiger partial charge in [-0.1, -0.05) is 0 Å². The van der Waals surface area contributed by atoms with Gasteiger partial charge >= 0.3 is 0 Å². The van der Waals surface area contributed by atoms with Crippen LogP contribution in [-0.2, 0) is 13.0 Å². The number of fused-ring (bicyclic) bond motifs is 1.